The van der Waals surface area contributed by atoms with Gasteiger partial charge in [0.1, 0.15) is 0 Å². The van der Waals surface area contributed by atoms with Crippen LogP contribution in [0.1, 0.15) is 45.8 Å². The maximum Gasteiger partial charge on any atom is 0.257 e. The number of hydrogen-bond acceptors (Lipinski definition) is 2. The SMILES string of the molecule is Cc1cc(C(=O)Nc2ccccc2CC(N)=O)c(C)n1C(C)c1ccccc1. The van der Waals surface area contributed by atoms with Crippen LogP contribution in [-0.4, -0.2) is 16.4 Å². The average molecular weight is 375 g/mol. The standard InChI is InChI=1S/C23H25N3O2/c1-15-13-20(17(3)26(15)16(2)18-9-5-4-6-10-18)23(28)25-21-12-8-7-11-19(21)14-22(24)27/h4-13,16H,14H2,1-3H3,(H2,24,27)(H,25,28). The molecule has 0 fully saturated rings. The molecule has 5 nitrogen and oxygen atoms in total. The summed E-state index contributed by atoms with van der Waals surface area (Å²) >= 11 is 0. The molecule has 5 heteroatoms. The number of amides is 2. The number of carbonyl (C=O) groups is 2. The van der Waals surface area contributed by atoms with Crippen molar-refractivity contribution in [1.29, 1.82) is 0 Å². The molecule has 1 heterocycles. The normalized spacial score (nSPS) is 11.8. The maximum absolute atomic E-state index is 13.0. The van der Waals surface area contributed by atoms with E-state index in [-0.39, 0.29) is 18.4 Å². The molecule has 28 heavy (non-hydrogen) atoms. The van der Waals surface area contributed by atoms with E-state index in [2.05, 4.69) is 28.9 Å². The van der Waals surface area contributed by atoms with Crippen LogP contribution in [0.5, 0.6) is 0 Å². The number of aryl methyl sites for hydroxylation is 1. The van der Waals surface area contributed by atoms with Gasteiger partial charge < -0.3 is 15.6 Å². The van der Waals surface area contributed by atoms with E-state index >= 15 is 0 Å². The minimum absolute atomic E-state index is 0.0838. The second kappa shape index (κ2) is 8.13. The Morgan fingerprint density at radius 3 is 2.36 bits per heavy atom. The lowest BCUT2D eigenvalue weighted by Crippen LogP contribution is -2.18. The number of nitrogens with two attached hydrogens (primary N) is 1. The van der Waals surface area contributed by atoms with Crippen LogP contribution in [0.2, 0.25) is 0 Å². The minimum Gasteiger partial charge on any atom is -0.369 e. The summed E-state index contributed by atoms with van der Waals surface area (Å²) in [6.45, 7) is 6.08. The van der Waals surface area contributed by atoms with Crippen molar-refractivity contribution in [3.8, 4) is 0 Å². The number of nitrogens with zero attached hydrogens (tertiary/aromatic N) is 1. The van der Waals surface area contributed by atoms with Gasteiger partial charge in [-0.05, 0) is 44.0 Å². The van der Waals surface area contributed by atoms with Gasteiger partial charge in [0.2, 0.25) is 5.91 Å². The van der Waals surface area contributed by atoms with Gasteiger partial charge in [0, 0.05) is 17.1 Å². The van der Waals surface area contributed by atoms with Gasteiger partial charge in [0.05, 0.1) is 18.0 Å². The first kappa shape index (κ1) is 19.4. The van der Waals surface area contributed by atoms with Gasteiger partial charge in [-0.2, -0.15) is 0 Å². The zero-order chi connectivity index (χ0) is 20.3. The Labute approximate surface area is 165 Å². The van der Waals surface area contributed by atoms with E-state index in [1.54, 1.807) is 12.1 Å². The monoisotopic (exact) mass is 375 g/mol. The van der Waals surface area contributed by atoms with Gasteiger partial charge in [0.15, 0.2) is 0 Å². The molecule has 3 rings (SSSR count). The number of nitrogens with one attached hydrogen (secondary N) is 1. The van der Waals surface area contributed by atoms with Gasteiger partial charge in [-0.3, -0.25) is 9.59 Å². The summed E-state index contributed by atoms with van der Waals surface area (Å²) in [5.74, 6) is -0.631. The van der Waals surface area contributed by atoms with Crippen LogP contribution in [-0.2, 0) is 11.2 Å². The number of carbonyl (C=O) groups excluding carboxylic acids is 2. The van der Waals surface area contributed by atoms with Crippen LogP contribution in [0.4, 0.5) is 5.69 Å². The van der Waals surface area contributed by atoms with Crippen LogP contribution >= 0.6 is 0 Å². The first-order valence-corrected chi connectivity index (χ1v) is 9.29. The average Bonchev–Trinajstić information content (AvgIpc) is 2.97. The Morgan fingerprint density at radius 1 is 1.04 bits per heavy atom. The number of benzene rings is 2. The fourth-order valence-corrected chi connectivity index (χ4v) is 3.66. The molecule has 2 aromatic carbocycles. The summed E-state index contributed by atoms with van der Waals surface area (Å²) in [5.41, 5.74) is 10.3. The highest BCUT2D eigenvalue weighted by molar-refractivity contribution is 6.06. The quantitative estimate of drug-likeness (QED) is 0.683. The third kappa shape index (κ3) is 3.98. The van der Waals surface area contributed by atoms with Crippen LogP contribution in [0.15, 0.2) is 60.7 Å². The van der Waals surface area contributed by atoms with E-state index in [1.807, 2.05) is 50.2 Å². The molecule has 1 aromatic heterocycles. The highest BCUT2D eigenvalue weighted by Gasteiger charge is 2.20. The van der Waals surface area contributed by atoms with Gasteiger partial charge in [0.25, 0.3) is 5.91 Å². The van der Waals surface area contributed by atoms with Crippen LogP contribution < -0.4 is 11.1 Å². The summed E-state index contributed by atoms with van der Waals surface area (Å²) < 4.78 is 2.17. The van der Waals surface area contributed by atoms with Crippen molar-refractivity contribution in [3.63, 3.8) is 0 Å². The second-order valence-electron chi connectivity index (χ2n) is 7.00. The molecule has 0 aliphatic heterocycles. The molecule has 144 valence electrons. The summed E-state index contributed by atoms with van der Waals surface area (Å²) in [6.07, 6.45) is 0.0838. The van der Waals surface area contributed by atoms with Gasteiger partial charge in [-0.15, -0.1) is 0 Å². The number of primary amides is 1. The van der Waals surface area contributed by atoms with Crippen molar-refractivity contribution in [2.75, 3.05) is 5.32 Å². The zero-order valence-corrected chi connectivity index (χ0v) is 16.4. The van der Waals surface area contributed by atoms with E-state index < -0.39 is 5.91 Å². The van der Waals surface area contributed by atoms with Gasteiger partial charge in [-0.1, -0.05) is 48.5 Å². The molecule has 0 saturated carbocycles. The highest BCUT2D eigenvalue weighted by Crippen LogP contribution is 2.26. The van der Waals surface area contributed by atoms with Crippen LogP contribution in [0, 0.1) is 13.8 Å². The maximum atomic E-state index is 13.0. The topological polar surface area (TPSA) is 77.1 Å². The lowest BCUT2D eigenvalue weighted by atomic mass is 10.1. The van der Waals surface area contributed by atoms with Crippen molar-refractivity contribution < 1.29 is 9.59 Å². The molecule has 0 aliphatic carbocycles. The smallest absolute Gasteiger partial charge is 0.257 e. The van der Waals surface area contributed by atoms with Crippen molar-refractivity contribution in [1.82, 2.24) is 4.57 Å². The molecular weight excluding hydrogens is 350 g/mol. The first-order chi connectivity index (χ1) is 13.4. The summed E-state index contributed by atoms with van der Waals surface area (Å²) in [4.78, 5) is 24.3. The Morgan fingerprint density at radius 2 is 1.68 bits per heavy atom. The van der Waals surface area contributed by atoms with Crippen LogP contribution in [0.25, 0.3) is 0 Å². The van der Waals surface area contributed by atoms with E-state index in [1.165, 1.54) is 5.56 Å². The zero-order valence-electron chi connectivity index (χ0n) is 16.4. The summed E-state index contributed by atoms with van der Waals surface area (Å²) in [7, 11) is 0. The van der Waals surface area contributed by atoms with Crippen molar-refractivity contribution >= 4 is 17.5 Å². The molecule has 0 aliphatic rings. The molecule has 3 N–H and O–H groups in total. The molecule has 1 unspecified atom stereocenters. The predicted octanol–water partition coefficient (Wildman–Crippen LogP) is 3.99. The lowest BCUT2D eigenvalue weighted by molar-refractivity contribution is -0.117. The number of aromatic nitrogens is 1. The van der Waals surface area contributed by atoms with E-state index in [0.717, 1.165) is 11.4 Å². The van der Waals surface area contributed by atoms with Gasteiger partial charge >= 0.3 is 0 Å². The van der Waals surface area contributed by atoms with Crippen molar-refractivity contribution in [2.45, 2.75) is 33.2 Å². The Hall–Kier alpha value is -3.34. The molecule has 0 bridgehead atoms. The first-order valence-electron chi connectivity index (χ1n) is 9.29. The molecule has 1 atom stereocenters. The lowest BCUT2D eigenvalue weighted by Gasteiger charge is -2.19. The third-order valence-electron chi connectivity index (χ3n) is 5.03. The molecule has 3 aromatic rings. The Bertz CT molecular complexity index is 1010. The molecular formula is C23H25N3O2. The Kier molecular flexibility index (Phi) is 5.64. The summed E-state index contributed by atoms with van der Waals surface area (Å²) in [5, 5.41) is 2.93. The van der Waals surface area contributed by atoms with Crippen LogP contribution in [0.3, 0.4) is 0 Å². The summed E-state index contributed by atoms with van der Waals surface area (Å²) in [6, 6.07) is 19.4. The van der Waals surface area contributed by atoms with Crippen molar-refractivity contribution in [2.24, 2.45) is 5.73 Å². The van der Waals surface area contributed by atoms with E-state index in [9.17, 15) is 9.59 Å². The molecule has 0 radical (unpaired) electrons. The Balaban J connectivity index is 1.89. The third-order valence-corrected chi connectivity index (χ3v) is 5.03. The van der Waals surface area contributed by atoms with E-state index in [0.29, 0.717) is 16.8 Å². The predicted molar refractivity (Wildman–Crippen MR) is 111 cm³/mol. The second-order valence-corrected chi connectivity index (χ2v) is 7.00. The fourth-order valence-electron chi connectivity index (χ4n) is 3.66. The highest BCUT2D eigenvalue weighted by atomic mass is 16.2. The van der Waals surface area contributed by atoms with E-state index in [4.69, 9.17) is 5.73 Å². The number of rotatable bonds is 6. The van der Waals surface area contributed by atoms with Crippen molar-refractivity contribution in [3.05, 3.63) is 88.7 Å². The van der Waals surface area contributed by atoms with Gasteiger partial charge in [-0.25, -0.2) is 0 Å². The minimum atomic E-state index is -0.434. The fraction of sp³-hybridized carbons (Fsp3) is 0.217. The molecule has 0 saturated heterocycles. The molecule has 0 spiro atoms. The largest absolute Gasteiger partial charge is 0.369 e. The number of para-hydroxylation sites is 1. The number of hydrogen-bond donors (Lipinski definition) is 2. The molecule has 2 amide bonds. The number of anilines is 1.